The lowest BCUT2D eigenvalue weighted by Crippen LogP contribution is -2.01. The molecule has 1 atom stereocenters. The van der Waals surface area contributed by atoms with Crippen LogP contribution in [0.5, 0.6) is 5.75 Å². The molecule has 1 aromatic carbocycles. The number of thiophene rings is 1. The first-order valence-electron chi connectivity index (χ1n) is 5.42. The van der Waals surface area contributed by atoms with Crippen LogP contribution in [0.4, 0.5) is 8.78 Å². The van der Waals surface area contributed by atoms with Crippen LogP contribution in [-0.2, 0) is 0 Å². The van der Waals surface area contributed by atoms with E-state index in [0.29, 0.717) is 0 Å². The number of ether oxygens (including phenoxy) is 1. The number of alkyl halides is 3. The van der Waals surface area contributed by atoms with E-state index in [9.17, 15) is 8.78 Å². The first-order chi connectivity index (χ1) is 8.97. The Morgan fingerprint density at radius 3 is 2.37 bits per heavy atom. The first-order valence-corrected chi connectivity index (χ1v) is 7.46. The van der Waals surface area contributed by atoms with Crippen LogP contribution in [0.15, 0.2) is 34.1 Å². The van der Waals surface area contributed by atoms with Gasteiger partial charge in [-0.05, 0) is 52.2 Å². The Morgan fingerprint density at radius 1 is 1.26 bits per heavy atom. The van der Waals surface area contributed by atoms with Crippen molar-refractivity contribution in [1.82, 2.24) is 0 Å². The highest BCUT2D eigenvalue weighted by molar-refractivity contribution is 9.11. The predicted molar refractivity (Wildman–Crippen MR) is 77.5 cm³/mol. The highest BCUT2D eigenvalue weighted by atomic mass is 79.9. The second-order valence-electron chi connectivity index (χ2n) is 3.92. The molecule has 1 aromatic heterocycles. The number of halogens is 4. The van der Waals surface area contributed by atoms with Crippen LogP contribution in [-0.4, -0.2) is 6.61 Å². The Hall–Kier alpha value is -0.650. The molecule has 19 heavy (non-hydrogen) atoms. The average molecular weight is 368 g/mol. The first kappa shape index (κ1) is 14.8. The van der Waals surface area contributed by atoms with Gasteiger partial charge in [0.25, 0.3) is 0 Å². The Balaban J connectivity index is 2.17. The van der Waals surface area contributed by atoms with Crippen molar-refractivity contribution < 1.29 is 13.5 Å². The molecular weight excluding hydrogens is 358 g/mol. The van der Waals surface area contributed by atoms with Crippen molar-refractivity contribution in [1.29, 1.82) is 0 Å². The number of benzene rings is 1. The number of hydrogen-bond donors (Lipinski definition) is 0. The van der Waals surface area contributed by atoms with Gasteiger partial charge >= 0.3 is 6.61 Å². The minimum Gasteiger partial charge on any atom is -0.435 e. The van der Waals surface area contributed by atoms with E-state index in [-0.39, 0.29) is 11.1 Å². The van der Waals surface area contributed by atoms with Crippen LogP contribution in [0.2, 0.25) is 0 Å². The molecule has 0 amide bonds. The minimum absolute atomic E-state index is 0.131. The Kier molecular flexibility index (Phi) is 4.81. The number of rotatable bonds is 4. The lowest BCUT2D eigenvalue weighted by atomic mass is 10.1. The van der Waals surface area contributed by atoms with Crippen molar-refractivity contribution in [2.24, 2.45) is 0 Å². The summed E-state index contributed by atoms with van der Waals surface area (Å²) < 4.78 is 29.4. The molecule has 0 aliphatic carbocycles. The third-order valence-corrected chi connectivity index (χ3v) is 5.34. The zero-order valence-electron chi connectivity index (χ0n) is 9.87. The molecule has 0 bridgehead atoms. The van der Waals surface area contributed by atoms with Crippen molar-refractivity contribution in [3.05, 3.63) is 50.1 Å². The topological polar surface area (TPSA) is 9.23 Å². The molecule has 6 heteroatoms. The largest absolute Gasteiger partial charge is 0.435 e. The normalized spacial score (nSPS) is 12.7. The molecule has 1 nitrogen and oxygen atoms in total. The number of hydrogen-bond acceptors (Lipinski definition) is 2. The van der Waals surface area contributed by atoms with Crippen LogP contribution in [0.3, 0.4) is 0 Å². The van der Waals surface area contributed by atoms with E-state index >= 15 is 0 Å². The molecule has 0 aliphatic heterocycles. The van der Waals surface area contributed by atoms with Gasteiger partial charge in [-0.2, -0.15) is 8.78 Å². The highest BCUT2D eigenvalue weighted by Crippen LogP contribution is 2.38. The van der Waals surface area contributed by atoms with E-state index in [1.165, 1.54) is 12.1 Å². The van der Waals surface area contributed by atoms with Crippen molar-refractivity contribution in [3.8, 4) is 5.75 Å². The fourth-order valence-electron chi connectivity index (χ4n) is 1.59. The van der Waals surface area contributed by atoms with Crippen LogP contribution in [0, 0.1) is 6.92 Å². The third-order valence-electron chi connectivity index (χ3n) is 2.52. The van der Waals surface area contributed by atoms with Crippen LogP contribution in [0.25, 0.3) is 0 Å². The van der Waals surface area contributed by atoms with Crippen molar-refractivity contribution >= 4 is 38.9 Å². The van der Waals surface area contributed by atoms with Gasteiger partial charge in [0.05, 0.1) is 9.16 Å². The van der Waals surface area contributed by atoms with Gasteiger partial charge in [-0.15, -0.1) is 22.9 Å². The van der Waals surface area contributed by atoms with Crippen molar-refractivity contribution in [2.45, 2.75) is 18.9 Å². The molecular formula is C13H10BrClF2OS. The summed E-state index contributed by atoms with van der Waals surface area (Å²) in [7, 11) is 0. The monoisotopic (exact) mass is 366 g/mol. The van der Waals surface area contributed by atoms with E-state index in [2.05, 4.69) is 20.7 Å². The van der Waals surface area contributed by atoms with Crippen LogP contribution in [0.1, 0.15) is 21.4 Å². The van der Waals surface area contributed by atoms with Gasteiger partial charge in [-0.1, -0.05) is 12.1 Å². The minimum atomic E-state index is -2.81. The second kappa shape index (κ2) is 6.20. The number of aryl methyl sites for hydroxylation is 1. The summed E-state index contributed by atoms with van der Waals surface area (Å²) in [4.78, 5) is 1.01. The van der Waals surface area contributed by atoms with Crippen LogP contribution < -0.4 is 4.74 Å². The fraction of sp³-hybridized carbons (Fsp3) is 0.231. The Bertz CT molecular complexity index is 537. The van der Waals surface area contributed by atoms with Gasteiger partial charge in [-0.3, -0.25) is 0 Å². The molecule has 0 N–H and O–H groups in total. The molecule has 0 radical (unpaired) electrons. The van der Waals surface area contributed by atoms with E-state index in [4.69, 9.17) is 11.6 Å². The SMILES string of the molecule is Cc1cc(C(Cl)c2ccc(OC(F)F)cc2)sc1Br. The smallest absolute Gasteiger partial charge is 0.387 e. The van der Waals surface area contributed by atoms with Gasteiger partial charge in [-0.25, -0.2) is 0 Å². The zero-order valence-corrected chi connectivity index (χ0v) is 13.0. The van der Waals surface area contributed by atoms with Crippen LogP contribution >= 0.6 is 38.9 Å². The lowest BCUT2D eigenvalue weighted by molar-refractivity contribution is -0.0498. The molecule has 2 aromatic rings. The molecule has 0 aliphatic rings. The van der Waals surface area contributed by atoms with Crippen molar-refractivity contribution in [2.75, 3.05) is 0 Å². The molecule has 0 spiro atoms. The van der Waals surface area contributed by atoms with E-state index < -0.39 is 6.61 Å². The van der Waals surface area contributed by atoms with Gasteiger partial charge < -0.3 is 4.74 Å². The summed E-state index contributed by atoms with van der Waals surface area (Å²) in [6.45, 7) is -0.818. The molecule has 102 valence electrons. The summed E-state index contributed by atoms with van der Waals surface area (Å²) in [5.41, 5.74) is 1.97. The average Bonchev–Trinajstić information content (AvgIpc) is 2.69. The summed E-state index contributed by atoms with van der Waals surface area (Å²) in [6, 6.07) is 8.38. The standard InChI is InChI=1S/C13H10BrClF2OS/c1-7-6-10(19-12(7)14)11(15)8-2-4-9(5-3-8)18-13(16)17/h2-6,11,13H,1H3. The summed E-state index contributed by atoms with van der Waals surface area (Å²) >= 11 is 11.4. The summed E-state index contributed by atoms with van der Waals surface area (Å²) in [6.07, 6.45) is 0. The predicted octanol–water partition coefficient (Wildman–Crippen LogP) is 5.75. The summed E-state index contributed by atoms with van der Waals surface area (Å²) in [5.74, 6) is 0.131. The van der Waals surface area contributed by atoms with E-state index in [0.717, 1.165) is 19.8 Å². The molecule has 2 rings (SSSR count). The van der Waals surface area contributed by atoms with Gasteiger partial charge in [0.15, 0.2) is 0 Å². The quantitative estimate of drug-likeness (QED) is 0.625. The molecule has 1 heterocycles. The fourth-order valence-corrected chi connectivity index (χ4v) is 3.51. The zero-order chi connectivity index (χ0) is 14.0. The van der Waals surface area contributed by atoms with Gasteiger partial charge in [0.2, 0.25) is 0 Å². The maximum atomic E-state index is 12.0. The summed E-state index contributed by atoms with van der Waals surface area (Å²) in [5, 5.41) is -0.296. The lowest BCUT2D eigenvalue weighted by Gasteiger charge is -2.09. The van der Waals surface area contributed by atoms with Gasteiger partial charge in [0, 0.05) is 4.88 Å². The molecule has 0 saturated carbocycles. The Morgan fingerprint density at radius 2 is 1.89 bits per heavy atom. The van der Waals surface area contributed by atoms with E-state index in [1.807, 2.05) is 13.0 Å². The molecule has 0 saturated heterocycles. The highest BCUT2D eigenvalue weighted by Gasteiger charge is 2.15. The van der Waals surface area contributed by atoms with Gasteiger partial charge in [0.1, 0.15) is 5.75 Å². The second-order valence-corrected chi connectivity index (χ2v) is 6.75. The molecule has 1 unspecified atom stereocenters. The maximum absolute atomic E-state index is 12.0. The van der Waals surface area contributed by atoms with Crippen molar-refractivity contribution in [3.63, 3.8) is 0 Å². The molecule has 0 fully saturated rings. The van der Waals surface area contributed by atoms with E-state index in [1.54, 1.807) is 23.5 Å². The third kappa shape index (κ3) is 3.68. The Labute approximate surface area is 127 Å². The maximum Gasteiger partial charge on any atom is 0.387 e.